The molecule has 3 aromatic rings. The van der Waals surface area contributed by atoms with E-state index in [4.69, 9.17) is 9.47 Å². The molecule has 5 heteroatoms. The number of carbonyl (C=O) groups is 1. The third-order valence-corrected chi connectivity index (χ3v) is 5.34. The fourth-order valence-electron chi connectivity index (χ4n) is 3.84. The highest BCUT2D eigenvalue weighted by atomic mass is 16.7. The van der Waals surface area contributed by atoms with Crippen LogP contribution < -0.4 is 9.47 Å². The normalized spacial score (nSPS) is 17.3. The highest BCUT2D eigenvalue weighted by molar-refractivity contribution is 6.03. The minimum absolute atomic E-state index is 0.0800. The highest BCUT2D eigenvalue weighted by Crippen LogP contribution is 2.39. The predicted octanol–water partition coefficient (Wildman–Crippen LogP) is 4.78. The molecule has 29 heavy (non-hydrogen) atoms. The van der Waals surface area contributed by atoms with Crippen LogP contribution in [0.5, 0.6) is 11.5 Å². The maximum Gasteiger partial charge on any atom is 0.240 e. The zero-order valence-corrected chi connectivity index (χ0v) is 16.0. The lowest BCUT2D eigenvalue weighted by atomic mass is 9.96. The van der Waals surface area contributed by atoms with Crippen LogP contribution in [0.3, 0.4) is 0 Å². The lowest BCUT2D eigenvalue weighted by Crippen LogP contribution is -2.24. The van der Waals surface area contributed by atoms with E-state index in [1.807, 2.05) is 36.4 Å². The fraction of sp³-hybridized carbons (Fsp3) is 0.167. The van der Waals surface area contributed by atoms with Crippen LogP contribution in [0.1, 0.15) is 30.5 Å². The molecule has 1 amide bonds. The van der Waals surface area contributed by atoms with Crippen molar-refractivity contribution in [2.75, 3.05) is 6.79 Å². The molecule has 5 nitrogen and oxygen atoms in total. The summed E-state index contributed by atoms with van der Waals surface area (Å²) >= 11 is 0. The maximum atomic E-state index is 12.2. The molecule has 5 rings (SSSR count). The summed E-state index contributed by atoms with van der Waals surface area (Å²) in [5.41, 5.74) is 5.26. The Morgan fingerprint density at radius 1 is 0.897 bits per heavy atom. The van der Waals surface area contributed by atoms with Gasteiger partial charge in [0.25, 0.3) is 0 Å². The second-order valence-corrected chi connectivity index (χ2v) is 7.19. The largest absolute Gasteiger partial charge is 0.454 e. The molecule has 0 N–H and O–H groups in total. The fourth-order valence-corrected chi connectivity index (χ4v) is 3.84. The van der Waals surface area contributed by atoms with Crippen molar-refractivity contribution in [1.29, 1.82) is 0 Å². The molecule has 144 valence electrons. The van der Waals surface area contributed by atoms with Crippen LogP contribution in [0.15, 0.2) is 77.9 Å². The van der Waals surface area contributed by atoms with Gasteiger partial charge in [0.1, 0.15) is 0 Å². The molecule has 0 radical (unpaired) electrons. The van der Waals surface area contributed by atoms with E-state index in [1.54, 1.807) is 11.9 Å². The van der Waals surface area contributed by atoms with Gasteiger partial charge in [0.05, 0.1) is 11.8 Å². The van der Waals surface area contributed by atoms with Crippen LogP contribution in [-0.2, 0) is 4.79 Å². The average molecular weight is 384 g/mol. The second kappa shape index (κ2) is 7.09. The summed E-state index contributed by atoms with van der Waals surface area (Å²) in [6.07, 6.45) is 0.657. The molecule has 0 fully saturated rings. The van der Waals surface area contributed by atoms with E-state index < -0.39 is 0 Å². The van der Waals surface area contributed by atoms with Crippen molar-refractivity contribution < 1.29 is 14.3 Å². The van der Waals surface area contributed by atoms with Gasteiger partial charge in [-0.05, 0) is 34.4 Å². The van der Waals surface area contributed by atoms with Crippen LogP contribution in [0, 0.1) is 0 Å². The van der Waals surface area contributed by atoms with Gasteiger partial charge in [0.15, 0.2) is 11.5 Å². The van der Waals surface area contributed by atoms with Gasteiger partial charge in [-0.1, -0.05) is 60.7 Å². The Morgan fingerprint density at radius 3 is 2.34 bits per heavy atom. The minimum Gasteiger partial charge on any atom is -0.454 e. The summed E-state index contributed by atoms with van der Waals surface area (Å²) in [6, 6.07) is 24.3. The lowest BCUT2D eigenvalue weighted by molar-refractivity contribution is -0.130. The van der Waals surface area contributed by atoms with Crippen LogP contribution >= 0.6 is 0 Å². The zero-order valence-electron chi connectivity index (χ0n) is 16.0. The number of amides is 1. The monoisotopic (exact) mass is 384 g/mol. The number of ether oxygens (including phenoxy) is 2. The SMILES string of the molecule is CC(=O)N1N=C(c2ccc(-c3ccccc3)cc2)CC1c1ccc2c(c1)OCO2. The van der Waals surface area contributed by atoms with Gasteiger partial charge in [-0.2, -0.15) is 5.10 Å². The van der Waals surface area contributed by atoms with E-state index in [-0.39, 0.29) is 18.7 Å². The van der Waals surface area contributed by atoms with Gasteiger partial charge in [-0.25, -0.2) is 5.01 Å². The van der Waals surface area contributed by atoms with Crippen LogP contribution in [0.25, 0.3) is 11.1 Å². The number of hydrazone groups is 1. The Bertz CT molecular complexity index is 1090. The van der Waals surface area contributed by atoms with Crippen molar-refractivity contribution in [3.8, 4) is 22.6 Å². The van der Waals surface area contributed by atoms with E-state index in [0.29, 0.717) is 12.2 Å². The summed E-state index contributed by atoms with van der Waals surface area (Å²) in [7, 11) is 0. The summed E-state index contributed by atoms with van der Waals surface area (Å²) in [4.78, 5) is 12.2. The third kappa shape index (κ3) is 3.25. The Hall–Kier alpha value is -3.60. The average Bonchev–Trinajstić information content (AvgIpc) is 3.41. The minimum atomic E-state index is -0.147. The molecule has 1 unspecified atom stereocenters. The molecule has 0 aromatic heterocycles. The number of rotatable bonds is 3. The van der Waals surface area contributed by atoms with E-state index in [0.717, 1.165) is 28.2 Å². The van der Waals surface area contributed by atoms with Crippen molar-refractivity contribution in [1.82, 2.24) is 5.01 Å². The number of hydrogen-bond donors (Lipinski definition) is 0. The van der Waals surface area contributed by atoms with Gasteiger partial charge in [-0.3, -0.25) is 4.79 Å². The van der Waals surface area contributed by atoms with Gasteiger partial charge in [-0.15, -0.1) is 0 Å². The number of hydrogen-bond acceptors (Lipinski definition) is 4. The van der Waals surface area contributed by atoms with Crippen LogP contribution in [0.2, 0.25) is 0 Å². The number of nitrogens with zero attached hydrogens (tertiary/aromatic N) is 2. The summed E-state index contributed by atoms with van der Waals surface area (Å²) < 4.78 is 10.9. The van der Waals surface area contributed by atoms with E-state index >= 15 is 0 Å². The maximum absolute atomic E-state index is 12.2. The van der Waals surface area contributed by atoms with Crippen LogP contribution in [0.4, 0.5) is 0 Å². The molecule has 2 aliphatic heterocycles. The summed E-state index contributed by atoms with van der Waals surface area (Å²) in [6.45, 7) is 1.78. The molecule has 0 saturated heterocycles. The van der Waals surface area contributed by atoms with E-state index in [9.17, 15) is 4.79 Å². The van der Waals surface area contributed by atoms with Crippen molar-refractivity contribution >= 4 is 11.6 Å². The summed E-state index contributed by atoms with van der Waals surface area (Å²) in [5.74, 6) is 1.37. The predicted molar refractivity (Wildman–Crippen MR) is 111 cm³/mol. The van der Waals surface area contributed by atoms with Crippen molar-refractivity contribution in [3.63, 3.8) is 0 Å². The van der Waals surface area contributed by atoms with Crippen molar-refractivity contribution in [2.24, 2.45) is 5.10 Å². The first-order chi connectivity index (χ1) is 14.2. The Kier molecular flexibility index (Phi) is 4.28. The molecule has 2 heterocycles. The molecular weight excluding hydrogens is 364 g/mol. The van der Waals surface area contributed by atoms with Gasteiger partial charge >= 0.3 is 0 Å². The standard InChI is InChI=1S/C24H20N2O3/c1-16(27)26-22(20-11-12-23-24(13-20)29-15-28-23)14-21(25-26)19-9-7-18(8-10-19)17-5-3-2-4-6-17/h2-13,22H,14-15H2,1H3. The quantitative estimate of drug-likeness (QED) is 0.653. The Labute approximate surface area is 169 Å². The molecule has 2 aliphatic rings. The van der Waals surface area contributed by atoms with Gasteiger partial charge in [0, 0.05) is 13.3 Å². The second-order valence-electron chi connectivity index (χ2n) is 7.19. The van der Waals surface area contributed by atoms with E-state index in [2.05, 4.69) is 41.5 Å². The molecular formula is C24H20N2O3. The van der Waals surface area contributed by atoms with Gasteiger partial charge < -0.3 is 9.47 Å². The zero-order chi connectivity index (χ0) is 19.8. The number of benzene rings is 3. The first-order valence-electron chi connectivity index (χ1n) is 9.62. The van der Waals surface area contributed by atoms with Gasteiger partial charge in [0.2, 0.25) is 12.7 Å². The smallest absolute Gasteiger partial charge is 0.240 e. The molecule has 0 aliphatic carbocycles. The molecule has 3 aromatic carbocycles. The topological polar surface area (TPSA) is 51.1 Å². The Balaban J connectivity index is 1.43. The number of carbonyl (C=O) groups excluding carboxylic acids is 1. The van der Waals surface area contributed by atoms with Crippen LogP contribution in [-0.4, -0.2) is 23.4 Å². The van der Waals surface area contributed by atoms with Crippen molar-refractivity contribution in [2.45, 2.75) is 19.4 Å². The highest BCUT2D eigenvalue weighted by Gasteiger charge is 2.32. The van der Waals surface area contributed by atoms with E-state index in [1.165, 1.54) is 5.56 Å². The first kappa shape index (κ1) is 17.5. The lowest BCUT2D eigenvalue weighted by Gasteiger charge is -2.20. The van der Waals surface area contributed by atoms with Crippen molar-refractivity contribution in [3.05, 3.63) is 83.9 Å². The molecule has 1 atom stereocenters. The first-order valence-corrected chi connectivity index (χ1v) is 9.62. The molecule has 0 bridgehead atoms. The molecule has 0 spiro atoms. The number of fused-ring (bicyclic) bond motifs is 1. The summed E-state index contributed by atoms with van der Waals surface area (Å²) in [5, 5.41) is 6.21. The Morgan fingerprint density at radius 2 is 1.59 bits per heavy atom. The third-order valence-electron chi connectivity index (χ3n) is 5.34. The molecule has 0 saturated carbocycles.